The van der Waals surface area contributed by atoms with Crippen LogP contribution < -0.4 is 10.5 Å². The third-order valence-electron chi connectivity index (χ3n) is 2.04. The van der Waals surface area contributed by atoms with Crippen LogP contribution in [0.2, 0.25) is 0 Å². The minimum absolute atomic E-state index is 0.158. The van der Waals surface area contributed by atoms with Gasteiger partial charge in [0.25, 0.3) is 0 Å². The summed E-state index contributed by atoms with van der Waals surface area (Å²) < 4.78 is 45.3. The average Bonchev–Trinajstić information content (AvgIpc) is 2.34. The third-order valence-corrected chi connectivity index (χ3v) is 2.74. The number of hydrogen-bond acceptors (Lipinski definition) is 5. The molecule has 8 heteroatoms. The van der Waals surface area contributed by atoms with Crippen molar-refractivity contribution in [3.05, 3.63) is 23.8 Å². The number of anilines is 1. The van der Waals surface area contributed by atoms with Crippen LogP contribution in [0.25, 0.3) is 0 Å². The molecule has 1 aromatic rings. The number of thioether (sulfide) groups is 1. The van der Waals surface area contributed by atoms with Crippen molar-refractivity contribution < 1.29 is 27.4 Å². The van der Waals surface area contributed by atoms with E-state index in [0.717, 1.165) is 0 Å². The molecule has 2 N–H and O–H groups in total. The lowest BCUT2D eigenvalue weighted by Gasteiger charge is -2.10. The zero-order valence-electron chi connectivity index (χ0n) is 9.99. The third kappa shape index (κ3) is 5.29. The minimum Gasteiger partial charge on any atom is -0.491 e. The summed E-state index contributed by atoms with van der Waals surface area (Å²) in [5.74, 6) is -0.675. The Morgan fingerprint density at radius 2 is 2.11 bits per heavy atom. The molecule has 19 heavy (non-hydrogen) atoms. The van der Waals surface area contributed by atoms with Gasteiger partial charge in [-0.3, -0.25) is 0 Å². The summed E-state index contributed by atoms with van der Waals surface area (Å²) in [5, 5.41) is 0. The molecular weight excluding hydrogens is 283 g/mol. The molecule has 0 aliphatic carbocycles. The van der Waals surface area contributed by atoms with Crippen LogP contribution in [0.3, 0.4) is 0 Å². The predicted octanol–water partition coefficient (Wildman–Crippen LogP) is 2.69. The first kappa shape index (κ1) is 15.5. The second-order valence-electron chi connectivity index (χ2n) is 3.39. The highest BCUT2D eigenvalue weighted by molar-refractivity contribution is 8.00. The molecule has 0 bridgehead atoms. The van der Waals surface area contributed by atoms with E-state index in [0.29, 0.717) is 0 Å². The Morgan fingerprint density at radius 3 is 2.68 bits per heavy atom. The van der Waals surface area contributed by atoms with Gasteiger partial charge in [0.15, 0.2) is 0 Å². The van der Waals surface area contributed by atoms with E-state index in [1.807, 2.05) is 0 Å². The van der Waals surface area contributed by atoms with Crippen molar-refractivity contribution in [3.63, 3.8) is 0 Å². The van der Waals surface area contributed by atoms with E-state index in [4.69, 9.17) is 10.5 Å². The van der Waals surface area contributed by atoms with E-state index in [1.54, 1.807) is 0 Å². The standard InChI is InChI=1S/C11H12F3NO3S/c1-17-10(16)7-2-3-8(15)9(6-7)18-4-5-19-11(12,13)14/h2-3,6H,4-5,15H2,1H3. The van der Waals surface area contributed by atoms with E-state index in [1.165, 1.54) is 25.3 Å². The van der Waals surface area contributed by atoms with Crippen molar-refractivity contribution in [2.75, 3.05) is 25.2 Å². The summed E-state index contributed by atoms with van der Waals surface area (Å²) >= 11 is -0.184. The van der Waals surface area contributed by atoms with Gasteiger partial charge in [0, 0.05) is 5.75 Å². The van der Waals surface area contributed by atoms with Crippen LogP contribution in [-0.2, 0) is 4.74 Å². The normalized spacial score (nSPS) is 11.2. The highest BCUT2D eigenvalue weighted by Gasteiger charge is 2.27. The molecule has 0 aromatic heterocycles. The molecule has 0 atom stereocenters. The molecule has 0 aliphatic rings. The molecule has 0 saturated carbocycles. The molecular formula is C11H12F3NO3S. The second-order valence-corrected chi connectivity index (χ2v) is 4.55. The van der Waals surface area contributed by atoms with Gasteiger partial charge < -0.3 is 15.2 Å². The largest absolute Gasteiger partial charge is 0.491 e. The van der Waals surface area contributed by atoms with Gasteiger partial charge in [-0.2, -0.15) is 13.2 Å². The van der Waals surface area contributed by atoms with Crippen LogP contribution in [0, 0.1) is 0 Å². The molecule has 1 aromatic carbocycles. The smallest absolute Gasteiger partial charge is 0.441 e. The lowest BCUT2D eigenvalue weighted by Crippen LogP contribution is -2.09. The lowest BCUT2D eigenvalue weighted by molar-refractivity contribution is -0.0329. The Kier molecular flexibility index (Phi) is 5.34. The topological polar surface area (TPSA) is 61.5 Å². The summed E-state index contributed by atoms with van der Waals surface area (Å²) in [6.45, 7) is -0.168. The Labute approximate surface area is 112 Å². The molecule has 106 valence electrons. The van der Waals surface area contributed by atoms with E-state index < -0.39 is 11.5 Å². The minimum atomic E-state index is -4.29. The second kappa shape index (κ2) is 6.55. The van der Waals surface area contributed by atoms with E-state index >= 15 is 0 Å². The first-order chi connectivity index (χ1) is 8.83. The fourth-order valence-corrected chi connectivity index (χ4v) is 1.61. The number of methoxy groups -OCH3 is 1. The van der Waals surface area contributed by atoms with Crippen LogP contribution in [0.4, 0.5) is 18.9 Å². The van der Waals surface area contributed by atoms with Crippen molar-refractivity contribution in [2.24, 2.45) is 0 Å². The molecule has 0 radical (unpaired) electrons. The van der Waals surface area contributed by atoms with Gasteiger partial charge in [0.05, 0.1) is 25.0 Å². The molecule has 0 saturated heterocycles. The maximum absolute atomic E-state index is 11.9. The summed E-state index contributed by atoms with van der Waals surface area (Å²) in [6, 6.07) is 4.20. The van der Waals surface area contributed by atoms with Crippen LogP contribution in [0.1, 0.15) is 10.4 Å². The Hall–Kier alpha value is -1.57. The molecule has 0 unspecified atom stereocenters. The molecule has 4 nitrogen and oxygen atoms in total. The SMILES string of the molecule is COC(=O)c1ccc(N)c(OCCSC(F)(F)F)c1. The summed E-state index contributed by atoms with van der Waals surface area (Å²) in [7, 11) is 1.22. The molecule has 1 rings (SSSR count). The maximum Gasteiger partial charge on any atom is 0.441 e. The van der Waals surface area contributed by atoms with Gasteiger partial charge in [-0.1, -0.05) is 0 Å². The quantitative estimate of drug-likeness (QED) is 0.514. The van der Waals surface area contributed by atoms with Gasteiger partial charge >= 0.3 is 11.5 Å². The van der Waals surface area contributed by atoms with Crippen molar-refractivity contribution in [3.8, 4) is 5.75 Å². The van der Waals surface area contributed by atoms with Crippen LogP contribution in [0.5, 0.6) is 5.75 Å². The van der Waals surface area contributed by atoms with Gasteiger partial charge in [0.1, 0.15) is 5.75 Å². The number of hydrogen-bond donors (Lipinski definition) is 1. The van der Waals surface area contributed by atoms with Crippen molar-refractivity contribution >= 4 is 23.4 Å². The highest BCUT2D eigenvalue weighted by Crippen LogP contribution is 2.30. The van der Waals surface area contributed by atoms with E-state index in [-0.39, 0.29) is 41.1 Å². The van der Waals surface area contributed by atoms with E-state index in [2.05, 4.69) is 4.74 Å². The number of carbonyl (C=O) groups is 1. The Balaban J connectivity index is 2.60. The fraction of sp³-hybridized carbons (Fsp3) is 0.364. The van der Waals surface area contributed by atoms with Crippen LogP contribution in [0.15, 0.2) is 18.2 Å². The molecule has 0 amide bonds. The van der Waals surface area contributed by atoms with Gasteiger partial charge in [-0.15, -0.1) is 0 Å². The predicted molar refractivity (Wildman–Crippen MR) is 66.2 cm³/mol. The summed E-state index contributed by atoms with van der Waals surface area (Å²) in [6.07, 6.45) is 0. The highest BCUT2D eigenvalue weighted by atomic mass is 32.2. The number of alkyl halides is 3. The monoisotopic (exact) mass is 295 g/mol. The zero-order valence-corrected chi connectivity index (χ0v) is 10.8. The fourth-order valence-electron chi connectivity index (χ4n) is 1.21. The first-order valence-corrected chi connectivity index (χ1v) is 6.13. The number of carbonyl (C=O) groups excluding carboxylic acids is 1. The molecule has 0 aliphatic heterocycles. The van der Waals surface area contributed by atoms with Crippen molar-refractivity contribution in [1.82, 2.24) is 0 Å². The number of esters is 1. The molecule has 0 fully saturated rings. The summed E-state index contributed by atoms with van der Waals surface area (Å²) in [4.78, 5) is 11.3. The number of halogens is 3. The first-order valence-electron chi connectivity index (χ1n) is 5.15. The molecule has 0 heterocycles. The van der Waals surface area contributed by atoms with Crippen LogP contribution >= 0.6 is 11.8 Å². The molecule has 0 spiro atoms. The number of nitrogens with two attached hydrogens (primary N) is 1. The number of nitrogen functional groups attached to an aromatic ring is 1. The van der Waals surface area contributed by atoms with Gasteiger partial charge in [-0.05, 0) is 30.0 Å². The van der Waals surface area contributed by atoms with Gasteiger partial charge in [-0.25, -0.2) is 4.79 Å². The van der Waals surface area contributed by atoms with Crippen molar-refractivity contribution in [1.29, 1.82) is 0 Å². The Morgan fingerprint density at radius 1 is 1.42 bits per heavy atom. The zero-order chi connectivity index (χ0) is 14.5. The van der Waals surface area contributed by atoms with E-state index in [9.17, 15) is 18.0 Å². The Bertz CT molecular complexity index is 451. The average molecular weight is 295 g/mol. The van der Waals surface area contributed by atoms with Crippen molar-refractivity contribution in [2.45, 2.75) is 5.51 Å². The lowest BCUT2D eigenvalue weighted by atomic mass is 10.2. The van der Waals surface area contributed by atoms with Gasteiger partial charge in [0.2, 0.25) is 0 Å². The summed E-state index contributed by atoms with van der Waals surface area (Å²) in [5.41, 5.74) is 1.76. The maximum atomic E-state index is 11.9. The number of benzene rings is 1. The number of ether oxygens (including phenoxy) is 2. The number of rotatable bonds is 5. The van der Waals surface area contributed by atoms with Crippen LogP contribution in [-0.4, -0.2) is 30.9 Å².